The van der Waals surface area contributed by atoms with Crippen molar-refractivity contribution in [3.63, 3.8) is 0 Å². The van der Waals surface area contributed by atoms with Crippen LogP contribution in [0.4, 0.5) is 0 Å². The third-order valence-electron chi connectivity index (χ3n) is 11.4. The quantitative estimate of drug-likeness (QED) is 0.172. The number of aromatic nitrogens is 2. The van der Waals surface area contributed by atoms with Gasteiger partial charge in [-0.3, -0.25) is 0 Å². The molecule has 3 nitrogen and oxygen atoms in total. The third kappa shape index (κ3) is 4.50. The molecule has 12 rings (SSSR count). The third-order valence-corrected chi connectivity index (χ3v) is 11.4. The van der Waals surface area contributed by atoms with Crippen LogP contribution in [0.3, 0.4) is 0 Å². The minimum Gasteiger partial charge on any atom is -0.455 e. The molecule has 55 heavy (non-hydrogen) atoms. The van der Waals surface area contributed by atoms with Gasteiger partial charge in [0.1, 0.15) is 11.2 Å². The van der Waals surface area contributed by atoms with Crippen molar-refractivity contribution in [2.45, 2.75) is 0 Å². The SMILES string of the molecule is c1ccc(-c2ccc3ccc4ccc(-c5cc6c(oc7cccc(-c8ccc9c%10ccccc%10c%10ccccc%10c9c8)c76)c6ccccc56)nc4c3n2)cc1. The van der Waals surface area contributed by atoms with Crippen LogP contribution in [-0.2, 0) is 0 Å². The largest absolute Gasteiger partial charge is 0.455 e. The van der Waals surface area contributed by atoms with Crippen molar-refractivity contribution >= 4 is 86.8 Å². The topological polar surface area (TPSA) is 38.9 Å². The lowest BCUT2D eigenvalue weighted by atomic mass is 9.90. The molecule has 254 valence electrons. The van der Waals surface area contributed by atoms with E-state index in [-0.39, 0.29) is 0 Å². The number of benzene rings is 9. The fourth-order valence-electron chi connectivity index (χ4n) is 8.86. The first-order valence-corrected chi connectivity index (χ1v) is 18.7. The molecule has 0 aliphatic rings. The zero-order valence-electron chi connectivity index (χ0n) is 29.6. The highest BCUT2D eigenvalue weighted by Gasteiger charge is 2.20. The van der Waals surface area contributed by atoms with E-state index in [9.17, 15) is 0 Å². The molecule has 0 amide bonds. The summed E-state index contributed by atoms with van der Waals surface area (Å²) in [6, 6.07) is 64.9. The molecule has 0 spiro atoms. The summed E-state index contributed by atoms with van der Waals surface area (Å²) in [5, 5.41) is 14.1. The van der Waals surface area contributed by atoms with Crippen LogP contribution in [0.15, 0.2) is 186 Å². The van der Waals surface area contributed by atoms with E-state index in [1.807, 2.05) is 6.07 Å². The number of furan rings is 1. The molecule has 0 unspecified atom stereocenters. The van der Waals surface area contributed by atoms with Crippen LogP contribution in [0.25, 0.3) is 120 Å². The standard InChI is InChI=1S/C52H30N2O/c1-2-11-31(12-3-1)46-27-24-32-21-22-33-25-28-47(54-51(33)50(32)53-46)44-30-45-49-35(19-10-20-48(49)55-52(45)42-18-9-8-17-40(42)44)34-23-26-41-38-15-5-4-13-36(38)37-14-6-7-16-39(37)43(41)29-34/h1-30H. The minimum atomic E-state index is 0.869. The summed E-state index contributed by atoms with van der Waals surface area (Å²) >= 11 is 0. The van der Waals surface area contributed by atoms with E-state index in [0.29, 0.717) is 0 Å². The molecule has 12 aromatic rings. The second kappa shape index (κ2) is 11.6. The van der Waals surface area contributed by atoms with Gasteiger partial charge >= 0.3 is 0 Å². The Bertz CT molecular complexity index is 3510. The fourth-order valence-corrected chi connectivity index (χ4v) is 8.86. The highest BCUT2D eigenvalue weighted by molar-refractivity contribution is 6.27. The first kappa shape index (κ1) is 30.1. The zero-order valence-corrected chi connectivity index (χ0v) is 29.6. The minimum absolute atomic E-state index is 0.869. The highest BCUT2D eigenvalue weighted by Crippen LogP contribution is 2.44. The van der Waals surface area contributed by atoms with Crippen LogP contribution in [-0.4, -0.2) is 9.97 Å². The van der Waals surface area contributed by atoms with Crippen molar-refractivity contribution in [2.24, 2.45) is 0 Å². The Hall–Kier alpha value is -7.36. The number of pyridine rings is 2. The monoisotopic (exact) mass is 698 g/mol. The van der Waals surface area contributed by atoms with Crippen LogP contribution in [0.2, 0.25) is 0 Å². The second-order valence-electron chi connectivity index (χ2n) is 14.4. The Morgan fingerprint density at radius 3 is 1.60 bits per heavy atom. The van der Waals surface area contributed by atoms with Crippen molar-refractivity contribution in [2.75, 3.05) is 0 Å². The van der Waals surface area contributed by atoms with Crippen LogP contribution in [0.5, 0.6) is 0 Å². The van der Waals surface area contributed by atoms with Crippen molar-refractivity contribution in [3.8, 4) is 33.6 Å². The molecule has 9 aromatic carbocycles. The summed E-state index contributed by atoms with van der Waals surface area (Å²) in [6.45, 7) is 0. The molecule has 0 aliphatic heterocycles. The van der Waals surface area contributed by atoms with E-state index in [4.69, 9.17) is 14.4 Å². The Kier molecular flexibility index (Phi) is 6.34. The highest BCUT2D eigenvalue weighted by atomic mass is 16.3. The smallest absolute Gasteiger partial charge is 0.143 e. The zero-order chi connectivity index (χ0) is 36.0. The number of rotatable bonds is 3. The van der Waals surface area contributed by atoms with Gasteiger partial charge in [-0.2, -0.15) is 0 Å². The molecule has 3 heteroatoms. The molecular formula is C52H30N2O. The maximum atomic E-state index is 6.79. The van der Waals surface area contributed by atoms with Crippen LogP contribution in [0, 0.1) is 0 Å². The molecule has 0 saturated heterocycles. The normalized spacial score (nSPS) is 12.0. The van der Waals surface area contributed by atoms with E-state index in [1.165, 1.54) is 32.3 Å². The summed E-state index contributed by atoms with van der Waals surface area (Å²) in [7, 11) is 0. The first-order valence-electron chi connectivity index (χ1n) is 18.7. The molecule has 0 bridgehead atoms. The van der Waals surface area contributed by atoms with Crippen LogP contribution in [0.1, 0.15) is 0 Å². The van der Waals surface area contributed by atoms with Gasteiger partial charge in [0.05, 0.1) is 22.4 Å². The number of fused-ring (bicyclic) bond motifs is 14. The lowest BCUT2D eigenvalue weighted by molar-refractivity contribution is 0.673. The second-order valence-corrected chi connectivity index (χ2v) is 14.4. The van der Waals surface area contributed by atoms with Gasteiger partial charge in [0.2, 0.25) is 0 Å². The van der Waals surface area contributed by atoms with Gasteiger partial charge in [-0.1, -0.05) is 152 Å². The molecule has 0 radical (unpaired) electrons. The maximum absolute atomic E-state index is 6.79. The molecule has 0 aliphatic carbocycles. The van der Waals surface area contributed by atoms with Gasteiger partial charge < -0.3 is 4.42 Å². The van der Waals surface area contributed by atoms with Gasteiger partial charge in [0.25, 0.3) is 0 Å². The summed E-state index contributed by atoms with van der Waals surface area (Å²) in [4.78, 5) is 10.6. The lowest BCUT2D eigenvalue weighted by Gasteiger charge is -2.13. The van der Waals surface area contributed by atoms with E-state index in [0.717, 1.165) is 88.2 Å². The molecule has 3 aromatic heterocycles. The summed E-state index contributed by atoms with van der Waals surface area (Å²) in [5.74, 6) is 0. The number of nitrogens with zero attached hydrogens (tertiary/aromatic N) is 2. The van der Waals surface area contributed by atoms with Crippen molar-refractivity contribution in [3.05, 3.63) is 182 Å². The van der Waals surface area contributed by atoms with Crippen LogP contribution < -0.4 is 0 Å². The lowest BCUT2D eigenvalue weighted by Crippen LogP contribution is -1.92. The average molecular weight is 699 g/mol. The molecule has 0 saturated carbocycles. The molecule has 3 heterocycles. The maximum Gasteiger partial charge on any atom is 0.143 e. The molecule has 0 fully saturated rings. The molecule has 0 atom stereocenters. The Balaban J connectivity index is 1.11. The first-order chi connectivity index (χ1) is 27.3. The Morgan fingerprint density at radius 1 is 0.327 bits per heavy atom. The van der Waals surface area contributed by atoms with Gasteiger partial charge in [0.15, 0.2) is 0 Å². The van der Waals surface area contributed by atoms with Gasteiger partial charge in [-0.05, 0) is 79.2 Å². The summed E-state index contributed by atoms with van der Waals surface area (Å²) in [6.07, 6.45) is 0. The van der Waals surface area contributed by atoms with Crippen molar-refractivity contribution in [1.29, 1.82) is 0 Å². The van der Waals surface area contributed by atoms with Crippen molar-refractivity contribution in [1.82, 2.24) is 9.97 Å². The Labute approximate surface area is 315 Å². The van der Waals surface area contributed by atoms with Gasteiger partial charge in [-0.15, -0.1) is 0 Å². The van der Waals surface area contributed by atoms with Crippen molar-refractivity contribution < 1.29 is 4.42 Å². The Morgan fingerprint density at radius 2 is 0.891 bits per heavy atom. The van der Waals surface area contributed by atoms with Gasteiger partial charge in [-0.25, -0.2) is 9.97 Å². The van der Waals surface area contributed by atoms with E-state index in [1.54, 1.807) is 0 Å². The van der Waals surface area contributed by atoms with E-state index < -0.39 is 0 Å². The molecular weight excluding hydrogens is 669 g/mol. The predicted octanol–water partition coefficient (Wildman–Crippen LogP) is 14.3. The van der Waals surface area contributed by atoms with Crippen LogP contribution >= 0.6 is 0 Å². The number of hydrogen-bond donors (Lipinski definition) is 0. The van der Waals surface area contributed by atoms with E-state index >= 15 is 0 Å². The van der Waals surface area contributed by atoms with E-state index in [2.05, 4.69) is 176 Å². The molecule has 0 N–H and O–H groups in total. The number of hydrogen-bond acceptors (Lipinski definition) is 3. The van der Waals surface area contributed by atoms with Gasteiger partial charge in [0, 0.05) is 38.1 Å². The fraction of sp³-hybridized carbons (Fsp3) is 0. The predicted molar refractivity (Wildman–Crippen MR) is 231 cm³/mol. The summed E-state index contributed by atoms with van der Waals surface area (Å²) in [5.41, 5.74) is 9.85. The average Bonchev–Trinajstić information content (AvgIpc) is 3.65. The summed E-state index contributed by atoms with van der Waals surface area (Å²) < 4.78 is 6.79.